The van der Waals surface area contributed by atoms with Crippen molar-refractivity contribution in [3.05, 3.63) is 36.4 Å². The molecule has 9 nitrogen and oxygen atoms in total. The van der Waals surface area contributed by atoms with Gasteiger partial charge in [0.25, 0.3) is 5.89 Å². The quantitative estimate of drug-likeness (QED) is 0.589. The van der Waals surface area contributed by atoms with E-state index in [1.165, 1.54) is 0 Å². The highest BCUT2D eigenvalue weighted by molar-refractivity contribution is 7.92. The molecule has 0 saturated carbocycles. The molecule has 0 bridgehead atoms. The summed E-state index contributed by atoms with van der Waals surface area (Å²) < 4.78 is 31.7. The van der Waals surface area contributed by atoms with E-state index < -0.39 is 9.84 Å². The van der Waals surface area contributed by atoms with Crippen molar-refractivity contribution in [3.8, 4) is 22.8 Å². The number of hydrogen-bond donors (Lipinski definition) is 0. The van der Waals surface area contributed by atoms with Crippen LogP contribution < -0.4 is 4.90 Å². The van der Waals surface area contributed by atoms with E-state index in [1.807, 2.05) is 26.0 Å². The number of sulfone groups is 1. The Bertz CT molecular complexity index is 1170. The molecule has 1 fully saturated rings. The van der Waals surface area contributed by atoms with Crippen molar-refractivity contribution in [2.75, 3.05) is 39.1 Å². The normalized spacial score (nSPS) is 17.6. The molecule has 0 aliphatic carbocycles. The van der Waals surface area contributed by atoms with Crippen molar-refractivity contribution in [1.82, 2.24) is 25.1 Å². The molecular weight excluding hydrogens is 416 g/mol. The van der Waals surface area contributed by atoms with Gasteiger partial charge in [-0.25, -0.2) is 18.4 Å². The van der Waals surface area contributed by atoms with Crippen LogP contribution >= 0.6 is 0 Å². The summed E-state index contributed by atoms with van der Waals surface area (Å²) in [6.07, 6.45) is 3.24. The number of hydrogen-bond acceptors (Lipinski definition) is 9. The van der Waals surface area contributed by atoms with E-state index in [4.69, 9.17) is 4.42 Å². The maximum atomic E-state index is 13.1. The summed E-state index contributed by atoms with van der Waals surface area (Å²) in [5.74, 6) is 1.33. The number of benzene rings is 1. The number of aromatic nitrogens is 4. The molecule has 2 aromatic heterocycles. The molecule has 0 N–H and O–H groups in total. The Morgan fingerprint density at radius 2 is 1.90 bits per heavy atom. The summed E-state index contributed by atoms with van der Waals surface area (Å²) in [4.78, 5) is 13.4. The maximum Gasteiger partial charge on any atom is 0.270 e. The number of rotatable bonds is 5. The van der Waals surface area contributed by atoms with Gasteiger partial charge in [0, 0.05) is 33.1 Å². The van der Waals surface area contributed by atoms with Gasteiger partial charge < -0.3 is 14.2 Å². The zero-order valence-corrected chi connectivity index (χ0v) is 18.9. The smallest absolute Gasteiger partial charge is 0.270 e. The first kappa shape index (κ1) is 21.4. The lowest BCUT2D eigenvalue weighted by molar-refractivity contribution is 0.278. The van der Waals surface area contributed by atoms with Crippen LogP contribution in [0.4, 0.5) is 5.82 Å². The number of nitrogens with zero attached hydrogens (tertiary/aromatic N) is 6. The first-order valence-corrected chi connectivity index (χ1v) is 11.7. The summed E-state index contributed by atoms with van der Waals surface area (Å²) in [5, 5.41) is 7.58. The Hall–Kier alpha value is -2.85. The molecule has 3 heterocycles. The minimum Gasteiger partial charge on any atom is -0.420 e. The van der Waals surface area contributed by atoms with E-state index in [1.54, 1.807) is 37.4 Å². The van der Waals surface area contributed by atoms with E-state index in [2.05, 4.69) is 25.1 Å². The van der Waals surface area contributed by atoms with Gasteiger partial charge in [0.1, 0.15) is 0 Å². The highest BCUT2D eigenvalue weighted by atomic mass is 32.2. The lowest BCUT2D eigenvalue weighted by Crippen LogP contribution is -2.40. The van der Waals surface area contributed by atoms with E-state index >= 15 is 0 Å². The van der Waals surface area contributed by atoms with Crippen LogP contribution in [0, 0.1) is 6.92 Å². The largest absolute Gasteiger partial charge is 0.420 e. The Morgan fingerprint density at radius 3 is 2.52 bits per heavy atom. The van der Waals surface area contributed by atoms with Crippen LogP contribution in [0.5, 0.6) is 0 Å². The highest BCUT2D eigenvalue weighted by Gasteiger charge is 2.31. The zero-order valence-electron chi connectivity index (χ0n) is 18.1. The first-order valence-electron chi connectivity index (χ1n) is 10.1. The summed E-state index contributed by atoms with van der Waals surface area (Å²) in [5.41, 5.74) is 1.83. The minimum absolute atomic E-state index is 0.288. The molecule has 0 radical (unpaired) electrons. The Balaban J connectivity index is 1.66. The molecule has 0 spiro atoms. The van der Waals surface area contributed by atoms with Crippen LogP contribution in [0.15, 0.2) is 39.8 Å². The van der Waals surface area contributed by atoms with Crippen molar-refractivity contribution in [2.24, 2.45) is 0 Å². The maximum absolute atomic E-state index is 13.1. The number of likely N-dealkylation sites (tertiary alicyclic amines) is 1. The standard InChI is InChI=1S/C21H26N6O3S/c1-14-24-25-21(30-14)19-20(26(2)3)22-12-18(23-19)15-7-9-16(10-8-15)31(28,29)17-6-5-11-27(4)13-17/h7-10,12,17H,5-6,11,13H2,1-4H3. The minimum atomic E-state index is -3.38. The number of aryl methyl sites for hydroxylation is 1. The van der Waals surface area contributed by atoms with Gasteiger partial charge in [0.15, 0.2) is 21.3 Å². The van der Waals surface area contributed by atoms with Crippen LogP contribution in [0.25, 0.3) is 22.8 Å². The van der Waals surface area contributed by atoms with Crippen LogP contribution in [-0.2, 0) is 9.84 Å². The average Bonchev–Trinajstić information content (AvgIpc) is 3.19. The lowest BCUT2D eigenvalue weighted by atomic mass is 10.1. The Labute approximate surface area is 182 Å². The van der Waals surface area contributed by atoms with Crippen molar-refractivity contribution >= 4 is 15.7 Å². The molecule has 164 valence electrons. The van der Waals surface area contributed by atoms with Crippen LogP contribution in [0.3, 0.4) is 0 Å². The van der Waals surface area contributed by atoms with Gasteiger partial charge in [-0.05, 0) is 38.6 Å². The predicted molar refractivity (Wildman–Crippen MR) is 118 cm³/mol. The third-order valence-electron chi connectivity index (χ3n) is 5.40. The third-order valence-corrected chi connectivity index (χ3v) is 7.60. The van der Waals surface area contributed by atoms with Gasteiger partial charge in [-0.1, -0.05) is 12.1 Å². The first-order chi connectivity index (χ1) is 14.8. The summed E-state index contributed by atoms with van der Waals surface area (Å²) in [7, 11) is 2.30. The fourth-order valence-electron chi connectivity index (χ4n) is 3.77. The number of piperidine rings is 1. The molecule has 1 saturated heterocycles. The Morgan fingerprint density at radius 1 is 1.16 bits per heavy atom. The second kappa shape index (κ2) is 8.35. The second-order valence-corrected chi connectivity index (χ2v) is 10.3. The van der Waals surface area contributed by atoms with Crippen molar-refractivity contribution < 1.29 is 12.8 Å². The van der Waals surface area contributed by atoms with Gasteiger partial charge in [-0.15, -0.1) is 10.2 Å². The zero-order chi connectivity index (χ0) is 22.2. The van der Waals surface area contributed by atoms with Crippen LogP contribution in [0.2, 0.25) is 0 Å². The van der Waals surface area contributed by atoms with Gasteiger partial charge in [-0.3, -0.25) is 0 Å². The summed E-state index contributed by atoms with van der Waals surface area (Å²) in [6.45, 7) is 3.22. The van der Waals surface area contributed by atoms with Crippen molar-refractivity contribution in [3.63, 3.8) is 0 Å². The highest BCUT2D eigenvalue weighted by Crippen LogP contribution is 2.30. The molecule has 1 aliphatic heterocycles. The molecule has 4 rings (SSSR count). The van der Waals surface area contributed by atoms with Crippen LogP contribution in [0.1, 0.15) is 18.7 Å². The molecule has 1 atom stereocenters. The molecule has 1 aliphatic rings. The molecule has 31 heavy (non-hydrogen) atoms. The van der Waals surface area contributed by atoms with E-state index in [0.717, 1.165) is 18.5 Å². The second-order valence-electron chi connectivity index (χ2n) is 8.04. The van der Waals surface area contributed by atoms with E-state index in [-0.39, 0.29) is 11.1 Å². The lowest BCUT2D eigenvalue weighted by Gasteiger charge is -2.29. The van der Waals surface area contributed by atoms with E-state index in [0.29, 0.717) is 41.0 Å². The molecule has 10 heteroatoms. The molecule has 1 unspecified atom stereocenters. The third kappa shape index (κ3) is 4.31. The molecule has 1 aromatic carbocycles. The SMILES string of the molecule is Cc1nnc(-c2nc(-c3ccc(S(=O)(=O)C4CCCN(C)C4)cc3)cnc2N(C)C)o1. The molecular formula is C21H26N6O3S. The van der Waals surface area contributed by atoms with Crippen LogP contribution in [-0.4, -0.2) is 73.0 Å². The monoisotopic (exact) mass is 442 g/mol. The summed E-state index contributed by atoms with van der Waals surface area (Å²) >= 11 is 0. The molecule has 3 aromatic rings. The fraction of sp³-hybridized carbons (Fsp3) is 0.429. The van der Waals surface area contributed by atoms with Gasteiger partial charge in [0.05, 0.1) is 22.0 Å². The predicted octanol–water partition coefficient (Wildman–Crippen LogP) is 2.44. The van der Waals surface area contributed by atoms with Gasteiger partial charge in [-0.2, -0.15) is 0 Å². The summed E-state index contributed by atoms with van der Waals surface area (Å²) in [6, 6.07) is 6.83. The van der Waals surface area contributed by atoms with Gasteiger partial charge >= 0.3 is 0 Å². The number of anilines is 1. The van der Waals surface area contributed by atoms with Crippen molar-refractivity contribution in [1.29, 1.82) is 0 Å². The fourth-order valence-corrected chi connectivity index (χ4v) is 5.59. The Kier molecular flexibility index (Phi) is 5.76. The van der Waals surface area contributed by atoms with E-state index in [9.17, 15) is 8.42 Å². The topological polar surface area (TPSA) is 105 Å². The average molecular weight is 443 g/mol. The molecule has 0 amide bonds. The van der Waals surface area contributed by atoms with Gasteiger partial charge in [0.2, 0.25) is 5.89 Å². The van der Waals surface area contributed by atoms with Crippen molar-refractivity contribution in [2.45, 2.75) is 29.9 Å².